The highest BCUT2D eigenvalue weighted by Gasteiger charge is 2.25. The molecule has 1 saturated heterocycles. The SMILES string of the molecule is COc1ccnc(N(C)C2CCCN(Cc3ccc(F)c(F)c3)C2)n1. The molecule has 0 N–H and O–H groups in total. The van der Waals surface area contributed by atoms with Crippen molar-refractivity contribution in [2.45, 2.75) is 25.4 Å². The molecule has 1 aromatic heterocycles. The summed E-state index contributed by atoms with van der Waals surface area (Å²) in [6.07, 6.45) is 3.74. The van der Waals surface area contributed by atoms with Crippen LogP contribution in [0.5, 0.6) is 5.88 Å². The molecule has 7 heteroatoms. The lowest BCUT2D eigenvalue weighted by Gasteiger charge is -2.37. The number of benzene rings is 1. The van der Waals surface area contributed by atoms with E-state index in [9.17, 15) is 8.78 Å². The molecule has 2 aromatic rings. The van der Waals surface area contributed by atoms with Crippen LogP contribution >= 0.6 is 0 Å². The second-order valence-corrected chi connectivity index (χ2v) is 6.29. The molecule has 1 fully saturated rings. The van der Waals surface area contributed by atoms with Crippen LogP contribution in [0.15, 0.2) is 30.5 Å². The van der Waals surface area contributed by atoms with E-state index in [-0.39, 0.29) is 6.04 Å². The van der Waals surface area contributed by atoms with Crippen LogP contribution in [-0.4, -0.2) is 48.2 Å². The standard InChI is InChI=1S/C18H22F2N4O/c1-23(18-21-8-7-17(22-18)25-2)14-4-3-9-24(12-14)11-13-5-6-15(19)16(20)10-13/h5-8,10,14H,3-4,9,11-12H2,1-2H3. The van der Waals surface area contributed by atoms with E-state index < -0.39 is 11.6 Å². The molecule has 0 radical (unpaired) electrons. The minimum Gasteiger partial charge on any atom is -0.481 e. The number of rotatable bonds is 5. The van der Waals surface area contributed by atoms with Crippen molar-refractivity contribution in [3.8, 4) is 5.88 Å². The molecule has 25 heavy (non-hydrogen) atoms. The van der Waals surface area contributed by atoms with Gasteiger partial charge in [0.1, 0.15) is 0 Å². The predicted octanol–water partition coefficient (Wildman–Crippen LogP) is 2.86. The normalized spacial score (nSPS) is 18.2. The first-order valence-corrected chi connectivity index (χ1v) is 8.33. The molecule has 1 unspecified atom stereocenters. The molecule has 1 aromatic carbocycles. The van der Waals surface area contributed by atoms with Gasteiger partial charge in [0.15, 0.2) is 11.6 Å². The highest BCUT2D eigenvalue weighted by molar-refractivity contribution is 5.32. The Balaban J connectivity index is 1.66. The Morgan fingerprint density at radius 3 is 2.88 bits per heavy atom. The maximum atomic E-state index is 13.4. The lowest BCUT2D eigenvalue weighted by Crippen LogP contribution is -2.46. The molecule has 0 amide bonds. The summed E-state index contributed by atoms with van der Waals surface area (Å²) < 4.78 is 31.6. The van der Waals surface area contributed by atoms with Crippen LogP contribution in [0.3, 0.4) is 0 Å². The summed E-state index contributed by atoms with van der Waals surface area (Å²) >= 11 is 0. The molecule has 0 bridgehead atoms. The molecule has 0 saturated carbocycles. The van der Waals surface area contributed by atoms with Crippen molar-refractivity contribution >= 4 is 5.95 Å². The van der Waals surface area contributed by atoms with Gasteiger partial charge in [-0.05, 0) is 37.1 Å². The summed E-state index contributed by atoms with van der Waals surface area (Å²) in [5, 5.41) is 0. The van der Waals surface area contributed by atoms with Crippen molar-refractivity contribution in [3.05, 3.63) is 47.7 Å². The molecule has 0 spiro atoms. The summed E-state index contributed by atoms with van der Waals surface area (Å²) in [6, 6.07) is 6.06. The Hall–Kier alpha value is -2.28. The molecule has 0 aliphatic carbocycles. The first-order chi connectivity index (χ1) is 12.1. The maximum Gasteiger partial charge on any atom is 0.228 e. The Bertz CT molecular complexity index is 728. The lowest BCUT2D eigenvalue weighted by molar-refractivity contribution is 0.197. The van der Waals surface area contributed by atoms with E-state index in [1.54, 1.807) is 25.4 Å². The third kappa shape index (κ3) is 4.22. The topological polar surface area (TPSA) is 41.5 Å². The summed E-state index contributed by atoms with van der Waals surface area (Å²) in [7, 11) is 3.55. The highest BCUT2D eigenvalue weighted by atomic mass is 19.2. The average Bonchev–Trinajstić information content (AvgIpc) is 2.64. The number of piperidine rings is 1. The van der Waals surface area contributed by atoms with E-state index in [0.29, 0.717) is 18.4 Å². The molecular formula is C18H22F2N4O. The number of aromatic nitrogens is 2. The number of hydrogen-bond donors (Lipinski definition) is 0. The summed E-state index contributed by atoms with van der Waals surface area (Å²) in [5.41, 5.74) is 0.778. The van der Waals surface area contributed by atoms with Crippen molar-refractivity contribution in [2.75, 3.05) is 32.1 Å². The molecule has 1 atom stereocenters. The van der Waals surface area contributed by atoms with E-state index in [1.807, 2.05) is 7.05 Å². The van der Waals surface area contributed by atoms with Crippen LogP contribution in [0.4, 0.5) is 14.7 Å². The van der Waals surface area contributed by atoms with Gasteiger partial charge >= 0.3 is 0 Å². The van der Waals surface area contributed by atoms with Crippen molar-refractivity contribution in [1.29, 1.82) is 0 Å². The summed E-state index contributed by atoms with van der Waals surface area (Å²) in [5.74, 6) is -0.450. The number of halogens is 2. The van der Waals surface area contributed by atoms with E-state index in [4.69, 9.17) is 4.74 Å². The minimum atomic E-state index is -0.810. The van der Waals surface area contributed by atoms with Gasteiger partial charge in [0.25, 0.3) is 0 Å². The smallest absolute Gasteiger partial charge is 0.228 e. The number of hydrogen-bond acceptors (Lipinski definition) is 5. The zero-order valence-electron chi connectivity index (χ0n) is 14.5. The zero-order valence-corrected chi connectivity index (χ0v) is 14.5. The number of likely N-dealkylation sites (tertiary alicyclic amines) is 1. The predicted molar refractivity (Wildman–Crippen MR) is 91.6 cm³/mol. The molecule has 3 rings (SSSR count). The van der Waals surface area contributed by atoms with Crippen LogP contribution < -0.4 is 9.64 Å². The average molecular weight is 348 g/mol. The fourth-order valence-electron chi connectivity index (χ4n) is 3.17. The van der Waals surface area contributed by atoms with Crippen LogP contribution in [-0.2, 0) is 6.54 Å². The quantitative estimate of drug-likeness (QED) is 0.831. The van der Waals surface area contributed by atoms with Gasteiger partial charge in [-0.15, -0.1) is 0 Å². The fraction of sp³-hybridized carbons (Fsp3) is 0.444. The fourth-order valence-corrected chi connectivity index (χ4v) is 3.17. The number of likely N-dealkylation sites (N-methyl/N-ethyl adjacent to an activating group) is 1. The largest absolute Gasteiger partial charge is 0.481 e. The van der Waals surface area contributed by atoms with Crippen molar-refractivity contribution < 1.29 is 13.5 Å². The van der Waals surface area contributed by atoms with Crippen molar-refractivity contribution in [1.82, 2.24) is 14.9 Å². The van der Waals surface area contributed by atoms with E-state index in [2.05, 4.69) is 19.8 Å². The van der Waals surface area contributed by atoms with E-state index >= 15 is 0 Å². The summed E-state index contributed by atoms with van der Waals surface area (Å²) in [6.45, 7) is 2.35. The Kier molecular flexibility index (Phi) is 5.43. The molecule has 1 aliphatic rings. The first kappa shape index (κ1) is 17.5. The van der Waals surface area contributed by atoms with Crippen molar-refractivity contribution in [2.24, 2.45) is 0 Å². The summed E-state index contributed by atoms with van der Waals surface area (Å²) in [4.78, 5) is 13.0. The lowest BCUT2D eigenvalue weighted by atomic mass is 10.0. The van der Waals surface area contributed by atoms with E-state index in [1.165, 1.54) is 12.1 Å². The van der Waals surface area contributed by atoms with Crippen LogP contribution in [0.25, 0.3) is 0 Å². The second-order valence-electron chi connectivity index (χ2n) is 6.29. The van der Waals surface area contributed by atoms with Crippen molar-refractivity contribution in [3.63, 3.8) is 0 Å². The third-order valence-corrected chi connectivity index (χ3v) is 4.56. The number of ether oxygens (including phenoxy) is 1. The van der Waals surface area contributed by atoms with Crippen LogP contribution in [0, 0.1) is 11.6 Å². The minimum absolute atomic E-state index is 0.256. The zero-order chi connectivity index (χ0) is 17.8. The van der Waals surface area contributed by atoms with Gasteiger partial charge in [0, 0.05) is 38.4 Å². The Labute approximate surface area is 146 Å². The molecular weight excluding hydrogens is 326 g/mol. The van der Waals surface area contributed by atoms with Crippen LogP contribution in [0.1, 0.15) is 18.4 Å². The van der Waals surface area contributed by atoms with Crippen LogP contribution in [0.2, 0.25) is 0 Å². The molecule has 134 valence electrons. The van der Waals surface area contributed by atoms with Gasteiger partial charge in [-0.3, -0.25) is 4.90 Å². The molecule has 1 aliphatic heterocycles. The van der Waals surface area contributed by atoms with Gasteiger partial charge in [0.05, 0.1) is 7.11 Å². The second kappa shape index (κ2) is 7.74. The Morgan fingerprint density at radius 1 is 1.28 bits per heavy atom. The first-order valence-electron chi connectivity index (χ1n) is 8.33. The molecule has 2 heterocycles. The van der Waals surface area contributed by atoms with Gasteiger partial charge in [-0.1, -0.05) is 6.07 Å². The third-order valence-electron chi connectivity index (χ3n) is 4.56. The monoisotopic (exact) mass is 348 g/mol. The maximum absolute atomic E-state index is 13.4. The van der Waals surface area contributed by atoms with Gasteiger partial charge in [-0.2, -0.15) is 4.98 Å². The number of methoxy groups -OCH3 is 1. The van der Waals surface area contributed by atoms with Gasteiger partial charge in [0.2, 0.25) is 11.8 Å². The van der Waals surface area contributed by atoms with Gasteiger partial charge < -0.3 is 9.64 Å². The molecule has 5 nitrogen and oxygen atoms in total. The Morgan fingerprint density at radius 2 is 2.12 bits per heavy atom. The highest BCUT2D eigenvalue weighted by Crippen LogP contribution is 2.21. The number of nitrogens with zero attached hydrogens (tertiary/aromatic N) is 4. The number of anilines is 1. The van der Waals surface area contributed by atoms with E-state index in [0.717, 1.165) is 31.5 Å². The van der Waals surface area contributed by atoms with Gasteiger partial charge in [-0.25, -0.2) is 13.8 Å².